The van der Waals surface area contributed by atoms with Gasteiger partial charge in [-0.3, -0.25) is 4.72 Å². The number of benzene rings is 2. The Hall–Kier alpha value is -2.32. The van der Waals surface area contributed by atoms with Crippen molar-refractivity contribution in [1.82, 2.24) is 5.32 Å². The van der Waals surface area contributed by atoms with Crippen LogP contribution in [0.2, 0.25) is 0 Å². The largest absolute Gasteiger partial charge is 0.495 e. The van der Waals surface area contributed by atoms with Gasteiger partial charge < -0.3 is 15.0 Å². The van der Waals surface area contributed by atoms with E-state index >= 15 is 0 Å². The molecule has 1 aliphatic heterocycles. The van der Waals surface area contributed by atoms with E-state index in [0.29, 0.717) is 11.4 Å². The number of ether oxygens (including phenoxy) is 1. The van der Waals surface area contributed by atoms with Crippen molar-refractivity contribution in [3.8, 4) is 5.75 Å². The molecule has 1 heterocycles. The lowest BCUT2D eigenvalue weighted by Crippen LogP contribution is -2.43. The second kappa shape index (κ2) is 7.28. The van der Waals surface area contributed by atoms with Gasteiger partial charge in [0.1, 0.15) is 11.6 Å². The normalized spacial score (nSPS) is 15.0. The smallest absolute Gasteiger partial charge is 0.262 e. The van der Waals surface area contributed by atoms with Gasteiger partial charge in [0.25, 0.3) is 10.0 Å². The van der Waals surface area contributed by atoms with Gasteiger partial charge in [-0.25, -0.2) is 12.8 Å². The van der Waals surface area contributed by atoms with Crippen LogP contribution < -0.4 is 19.7 Å². The van der Waals surface area contributed by atoms with Crippen molar-refractivity contribution in [2.45, 2.75) is 4.90 Å². The highest BCUT2D eigenvalue weighted by Gasteiger charge is 2.21. The second-order valence-electron chi connectivity index (χ2n) is 5.66. The molecule has 1 fully saturated rings. The van der Waals surface area contributed by atoms with Gasteiger partial charge in [-0.2, -0.15) is 0 Å². The average Bonchev–Trinajstić information content (AvgIpc) is 2.63. The van der Waals surface area contributed by atoms with E-state index in [1.54, 1.807) is 25.3 Å². The molecule has 8 heteroatoms. The van der Waals surface area contributed by atoms with Crippen LogP contribution in [0.1, 0.15) is 0 Å². The summed E-state index contributed by atoms with van der Waals surface area (Å²) in [4.78, 5) is 2.13. The highest BCUT2D eigenvalue weighted by atomic mass is 32.2. The maximum Gasteiger partial charge on any atom is 0.262 e. The third-order valence-corrected chi connectivity index (χ3v) is 5.40. The predicted octanol–water partition coefficient (Wildman–Crippen LogP) is 2.04. The number of hydrogen-bond donors (Lipinski definition) is 2. The first-order chi connectivity index (χ1) is 12.0. The third kappa shape index (κ3) is 3.85. The fraction of sp³-hybridized carbons (Fsp3) is 0.294. The van der Waals surface area contributed by atoms with E-state index in [1.807, 2.05) is 0 Å². The second-order valence-corrected chi connectivity index (χ2v) is 7.34. The Labute approximate surface area is 146 Å². The van der Waals surface area contributed by atoms with E-state index in [9.17, 15) is 12.8 Å². The molecule has 2 aromatic rings. The van der Waals surface area contributed by atoms with Crippen molar-refractivity contribution in [2.24, 2.45) is 0 Å². The summed E-state index contributed by atoms with van der Waals surface area (Å²) in [7, 11) is -2.36. The molecule has 0 radical (unpaired) electrons. The molecule has 3 rings (SSSR count). The van der Waals surface area contributed by atoms with Crippen LogP contribution in [0.5, 0.6) is 5.75 Å². The lowest BCUT2D eigenvalue weighted by molar-refractivity contribution is 0.412. The fourth-order valence-electron chi connectivity index (χ4n) is 2.74. The summed E-state index contributed by atoms with van der Waals surface area (Å²) >= 11 is 0. The van der Waals surface area contributed by atoms with Gasteiger partial charge >= 0.3 is 0 Å². The molecule has 134 valence electrons. The standard InChI is InChI=1S/C17H20FN3O3S/c1-24-17-7-6-13(12-16(17)21-10-8-19-9-11-21)25(22,23)20-15-5-3-2-4-14(15)18/h2-7,12,19-20H,8-11H2,1H3. The molecule has 0 unspecified atom stereocenters. The average molecular weight is 365 g/mol. The minimum Gasteiger partial charge on any atom is -0.495 e. The zero-order valence-corrected chi connectivity index (χ0v) is 14.6. The van der Waals surface area contributed by atoms with Crippen molar-refractivity contribution in [2.75, 3.05) is 42.9 Å². The van der Waals surface area contributed by atoms with Crippen molar-refractivity contribution in [3.05, 3.63) is 48.3 Å². The highest BCUT2D eigenvalue weighted by Crippen LogP contribution is 2.32. The molecular weight excluding hydrogens is 345 g/mol. The first kappa shape index (κ1) is 17.5. The van der Waals surface area contributed by atoms with Gasteiger partial charge in [-0.1, -0.05) is 12.1 Å². The number of halogens is 1. The lowest BCUT2D eigenvalue weighted by Gasteiger charge is -2.30. The Morgan fingerprint density at radius 3 is 2.56 bits per heavy atom. The summed E-state index contributed by atoms with van der Waals surface area (Å²) in [5.41, 5.74) is 0.627. The SMILES string of the molecule is COc1ccc(S(=O)(=O)Nc2ccccc2F)cc1N1CCNCC1. The van der Waals surface area contributed by atoms with Crippen LogP contribution in [0.3, 0.4) is 0 Å². The van der Waals surface area contributed by atoms with E-state index in [2.05, 4.69) is 14.9 Å². The molecule has 0 bridgehead atoms. The molecule has 0 aromatic heterocycles. The molecule has 2 aromatic carbocycles. The predicted molar refractivity (Wildman–Crippen MR) is 95.3 cm³/mol. The van der Waals surface area contributed by atoms with E-state index < -0.39 is 15.8 Å². The summed E-state index contributed by atoms with van der Waals surface area (Å²) < 4.78 is 46.7. The summed E-state index contributed by atoms with van der Waals surface area (Å²) in [6.07, 6.45) is 0. The summed E-state index contributed by atoms with van der Waals surface area (Å²) in [6, 6.07) is 10.3. The van der Waals surface area contributed by atoms with Gasteiger partial charge in [-0.15, -0.1) is 0 Å². The van der Waals surface area contributed by atoms with Crippen molar-refractivity contribution in [3.63, 3.8) is 0 Å². The summed E-state index contributed by atoms with van der Waals surface area (Å²) in [5, 5.41) is 3.25. The van der Waals surface area contributed by atoms with Gasteiger partial charge in [0, 0.05) is 26.2 Å². The van der Waals surface area contributed by atoms with E-state index in [4.69, 9.17) is 4.74 Å². The molecule has 0 aliphatic carbocycles. The van der Waals surface area contributed by atoms with Gasteiger partial charge in [-0.05, 0) is 30.3 Å². The Bertz CT molecular complexity index is 852. The van der Waals surface area contributed by atoms with Crippen molar-refractivity contribution < 1.29 is 17.5 Å². The summed E-state index contributed by atoms with van der Waals surface area (Å²) in [5.74, 6) is -0.0198. The van der Waals surface area contributed by atoms with Crippen LogP contribution in [0.4, 0.5) is 15.8 Å². The van der Waals surface area contributed by atoms with Crippen LogP contribution in [-0.2, 0) is 10.0 Å². The number of piperazine rings is 1. The zero-order valence-electron chi connectivity index (χ0n) is 13.8. The van der Waals surface area contributed by atoms with Crippen LogP contribution >= 0.6 is 0 Å². The quantitative estimate of drug-likeness (QED) is 0.849. The molecule has 1 aliphatic rings. The van der Waals surface area contributed by atoms with E-state index in [-0.39, 0.29) is 10.6 Å². The Balaban J connectivity index is 1.94. The molecule has 25 heavy (non-hydrogen) atoms. The van der Waals surface area contributed by atoms with Crippen LogP contribution in [-0.4, -0.2) is 41.7 Å². The monoisotopic (exact) mass is 365 g/mol. The van der Waals surface area contributed by atoms with Crippen LogP contribution in [0.15, 0.2) is 47.4 Å². The number of methoxy groups -OCH3 is 1. The van der Waals surface area contributed by atoms with Gasteiger partial charge in [0.15, 0.2) is 0 Å². The molecule has 2 N–H and O–H groups in total. The van der Waals surface area contributed by atoms with Crippen LogP contribution in [0.25, 0.3) is 0 Å². The number of hydrogen-bond acceptors (Lipinski definition) is 5. The fourth-order valence-corrected chi connectivity index (χ4v) is 3.82. The molecule has 6 nitrogen and oxygen atoms in total. The Morgan fingerprint density at radius 1 is 1.16 bits per heavy atom. The number of nitrogens with zero attached hydrogens (tertiary/aromatic N) is 1. The highest BCUT2D eigenvalue weighted by molar-refractivity contribution is 7.92. The maximum absolute atomic E-state index is 13.8. The van der Waals surface area contributed by atoms with Gasteiger partial charge in [0.2, 0.25) is 0 Å². The number of nitrogens with one attached hydrogen (secondary N) is 2. The number of sulfonamides is 1. The molecule has 0 amide bonds. The maximum atomic E-state index is 13.8. The first-order valence-corrected chi connectivity index (χ1v) is 9.40. The molecule has 0 saturated carbocycles. The minimum absolute atomic E-state index is 0.0603. The Morgan fingerprint density at radius 2 is 1.88 bits per heavy atom. The summed E-state index contributed by atoms with van der Waals surface area (Å²) in [6.45, 7) is 3.13. The van der Waals surface area contributed by atoms with Gasteiger partial charge in [0.05, 0.1) is 23.4 Å². The topological polar surface area (TPSA) is 70.7 Å². The van der Waals surface area contributed by atoms with Crippen molar-refractivity contribution in [1.29, 1.82) is 0 Å². The van der Waals surface area contributed by atoms with Crippen LogP contribution in [0, 0.1) is 5.82 Å². The number of anilines is 2. The lowest BCUT2D eigenvalue weighted by atomic mass is 10.2. The first-order valence-electron chi connectivity index (χ1n) is 7.92. The minimum atomic E-state index is -3.91. The Kier molecular flexibility index (Phi) is 5.10. The van der Waals surface area contributed by atoms with E-state index in [1.165, 1.54) is 24.3 Å². The third-order valence-electron chi connectivity index (χ3n) is 4.04. The number of para-hydroxylation sites is 1. The zero-order chi connectivity index (χ0) is 17.9. The molecule has 1 saturated heterocycles. The molecule has 0 spiro atoms. The number of rotatable bonds is 5. The molecular formula is C17H20FN3O3S. The molecule has 0 atom stereocenters. The van der Waals surface area contributed by atoms with E-state index in [0.717, 1.165) is 26.2 Å². The van der Waals surface area contributed by atoms with Crippen molar-refractivity contribution >= 4 is 21.4 Å².